The zero-order valence-electron chi connectivity index (χ0n) is 20.8. The number of hydrogen-bond donors (Lipinski definition) is 1. The molecular weight excluding hydrogens is 493 g/mol. The Morgan fingerprint density at radius 1 is 1.27 bits per heavy atom. The van der Waals surface area contributed by atoms with E-state index in [1.54, 1.807) is 23.1 Å². The Hall–Kier alpha value is -3.63. The van der Waals surface area contributed by atoms with Gasteiger partial charge in [-0.3, -0.25) is 4.79 Å². The third-order valence-corrected chi connectivity index (χ3v) is 7.50. The molecule has 2 aromatic heterocycles. The van der Waals surface area contributed by atoms with E-state index < -0.39 is 17.8 Å². The molecule has 1 fully saturated rings. The quantitative estimate of drug-likeness (QED) is 0.370. The van der Waals surface area contributed by atoms with Gasteiger partial charge in [-0.1, -0.05) is 30.3 Å². The van der Waals surface area contributed by atoms with Crippen LogP contribution < -0.4 is 10.5 Å². The lowest BCUT2D eigenvalue weighted by atomic mass is 9.94. The van der Waals surface area contributed by atoms with Crippen LogP contribution >= 0.6 is 11.3 Å². The van der Waals surface area contributed by atoms with Crippen LogP contribution in [0.2, 0.25) is 0 Å². The zero-order chi connectivity index (χ0) is 26.2. The van der Waals surface area contributed by atoms with Gasteiger partial charge in [0.05, 0.1) is 30.8 Å². The normalized spacial score (nSPS) is 19.1. The summed E-state index contributed by atoms with van der Waals surface area (Å²) in [5, 5.41) is 11.1. The van der Waals surface area contributed by atoms with E-state index in [2.05, 4.69) is 15.2 Å². The number of nitrogens with zero attached hydrogens (tertiary/aromatic N) is 4. The van der Waals surface area contributed by atoms with Gasteiger partial charge in [-0.25, -0.2) is 9.37 Å². The molecule has 0 aliphatic carbocycles. The lowest BCUT2D eigenvalue weighted by Gasteiger charge is -2.23. The SMILES string of the molecule is COc1ccc(C(=O)N2C[C@@H](F)C[C@@H]2c2nc(C)cs2)cc1-c1nnc([C@@](C)(N)Cc2ccccc2)o1. The van der Waals surface area contributed by atoms with Crippen molar-refractivity contribution in [2.45, 2.75) is 44.4 Å². The Morgan fingerprint density at radius 2 is 2.05 bits per heavy atom. The average Bonchev–Trinajstić information content (AvgIpc) is 3.63. The Bertz CT molecular complexity index is 1400. The molecule has 4 aromatic rings. The van der Waals surface area contributed by atoms with Gasteiger partial charge in [-0.05, 0) is 44.0 Å². The number of aromatic nitrogens is 3. The molecule has 0 bridgehead atoms. The van der Waals surface area contributed by atoms with E-state index in [1.807, 2.05) is 49.6 Å². The van der Waals surface area contributed by atoms with Crippen LogP contribution in [-0.4, -0.2) is 45.8 Å². The summed E-state index contributed by atoms with van der Waals surface area (Å²) in [4.78, 5) is 19.6. The Kier molecular flexibility index (Phi) is 6.78. The molecule has 10 heteroatoms. The number of aryl methyl sites for hydroxylation is 1. The lowest BCUT2D eigenvalue weighted by molar-refractivity contribution is 0.0728. The summed E-state index contributed by atoms with van der Waals surface area (Å²) in [5.74, 6) is 0.618. The van der Waals surface area contributed by atoms with Crippen LogP contribution in [0.25, 0.3) is 11.5 Å². The fourth-order valence-corrected chi connectivity index (χ4v) is 5.52. The second kappa shape index (κ2) is 10.0. The summed E-state index contributed by atoms with van der Waals surface area (Å²) >= 11 is 1.44. The molecule has 1 aliphatic rings. The van der Waals surface area contributed by atoms with Crippen molar-refractivity contribution in [3.8, 4) is 17.2 Å². The number of amides is 1. The molecule has 1 amide bonds. The van der Waals surface area contributed by atoms with E-state index in [4.69, 9.17) is 14.9 Å². The van der Waals surface area contributed by atoms with E-state index in [0.29, 0.717) is 23.3 Å². The Balaban J connectivity index is 1.44. The Morgan fingerprint density at radius 3 is 2.76 bits per heavy atom. The topological polar surface area (TPSA) is 107 Å². The van der Waals surface area contributed by atoms with Gasteiger partial charge >= 0.3 is 0 Å². The zero-order valence-corrected chi connectivity index (χ0v) is 21.7. The molecule has 37 heavy (non-hydrogen) atoms. The van der Waals surface area contributed by atoms with Crippen molar-refractivity contribution in [2.75, 3.05) is 13.7 Å². The average molecular weight is 522 g/mol. The predicted molar refractivity (Wildman–Crippen MR) is 138 cm³/mol. The van der Waals surface area contributed by atoms with Crippen LogP contribution in [0.15, 0.2) is 58.3 Å². The van der Waals surface area contributed by atoms with Crippen molar-refractivity contribution in [1.82, 2.24) is 20.1 Å². The summed E-state index contributed by atoms with van der Waals surface area (Å²) in [6, 6.07) is 14.4. The molecule has 3 heterocycles. The highest BCUT2D eigenvalue weighted by Crippen LogP contribution is 2.38. The van der Waals surface area contributed by atoms with Crippen molar-refractivity contribution in [1.29, 1.82) is 0 Å². The van der Waals surface area contributed by atoms with Crippen molar-refractivity contribution < 1.29 is 18.3 Å². The third kappa shape index (κ3) is 5.12. The maximum atomic E-state index is 14.4. The van der Waals surface area contributed by atoms with Gasteiger partial charge < -0.3 is 19.8 Å². The van der Waals surface area contributed by atoms with Gasteiger partial charge in [0, 0.05) is 23.1 Å². The van der Waals surface area contributed by atoms with Crippen LogP contribution in [0.3, 0.4) is 0 Å². The van der Waals surface area contributed by atoms with Gasteiger partial charge in [-0.15, -0.1) is 21.5 Å². The number of halogens is 1. The smallest absolute Gasteiger partial charge is 0.254 e. The molecule has 8 nitrogen and oxygen atoms in total. The highest BCUT2D eigenvalue weighted by molar-refractivity contribution is 7.09. The molecule has 0 spiro atoms. The number of methoxy groups -OCH3 is 1. The molecule has 2 N–H and O–H groups in total. The molecule has 1 aliphatic heterocycles. The predicted octanol–water partition coefficient (Wildman–Crippen LogP) is 4.85. The first-order chi connectivity index (χ1) is 17.7. The lowest BCUT2D eigenvalue weighted by Crippen LogP contribution is -2.35. The van der Waals surface area contributed by atoms with Crippen LogP contribution in [0, 0.1) is 6.92 Å². The van der Waals surface area contributed by atoms with E-state index in [1.165, 1.54) is 18.4 Å². The van der Waals surface area contributed by atoms with Crippen molar-refractivity contribution in [2.24, 2.45) is 5.73 Å². The highest BCUT2D eigenvalue weighted by atomic mass is 32.1. The van der Waals surface area contributed by atoms with Gasteiger partial charge in [0.1, 0.15) is 16.9 Å². The molecule has 5 rings (SSSR count). The Labute approximate surface area is 218 Å². The van der Waals surface area contributed by atoms with Gasteiger partial charge in [0.2, 0.25) is 5.89 Å². The fourth-order valence-electron chi connectivity index (χ4n) is 4.60. The number of nitrogens with two attached hydrogens (primary N) is 1. The monoisotopic (exact) mass is 521 g/mol. The second-order valence-corrected chi connectivity index (χ2v) is 10.4. The minimum absolute atomic E-state index is 0.0131. The summed E-state index contributed by atoms with van der Waals surface area (Å²) < 4.78 is 26.0. The summed E-state index contributed by atoms with van der Waals surface area (Å²) in [7, 11) is 1.52. The second-order valence-electron chi connectivity index (χ2n) is 9.54. The standard InChI is InChI=1S/C27H28FN5O3S/c1-16-15-37-24(30-16)21-12-19(28)14-33(21)25(34)18-9-10-22(35-3)20(11-18)23-31-32-26(36-23)27(2,29)13-17-7-5-4-6-8-17/h4-11,15,19,21H,12-14,29H2,1-3H3/t19-,21+,27-/m0/s1. The highest BCUT2D eigenvalue weighted by Gasteiger charge is 2.38. The molecule has 3 atom stereocenters. The van der Waals surface area contributed by atoms with E-state index in [-0.39, 0.29) is 30.7 Å². The molecule has 0 saturated carbocycles. The first-order valence-corrected chi connectivity index (χ1v) is 12.9. The fraction of sp³-hybridized carbons (Fsp3) is 0.333. The molecular formula is C27H28FN5O3S. The van der Waals surface area contributed by atoms with E-state index in [0.717, 1.165) is 16.3 Å². The van der Waals surface area contributed by atoms with Crippen molar-refractivity contribution >= 4 is 17.2 Å². The number of alkyl halides is 1. The number of rotatable bonds is 7. The van der Waals surface area contributed by atoms with Crippen molar-refractivity contribution in [3.05, 3.63) is 81.6 Å². The summed E-state index contributed by atoms with van der Waals surface area (Å²) in [6.07, 6.45) is -0.380. The molecule has 0 unspecified atom stereocenters. The van der Waals surface area contributed by atoms with Crippen LogP contribution in [0.4, 0.5) is 4.39 Å². The number of carbonyl (C=O) groups excluding carboxylic acids is 1. The minimum Gasteiger partial charge on any atom is -0.496 e. The largest absolute Gasteiger partial charge is 0.496 e. The first kappa shape index (κ1) is 25.0. The number of carbonyl (C=O) groups is 1. The number of thiazole rings is 1. The van der Waals surface area contributed by atoms with Gasteiger partial charge in [0.25, 0.3) is 11.8 Å². The van der Waals surface area contributed by atoms with E-state index in [9.17, 15) is 9.18 Å². The maximum absolute atomic E-state index is 14.4. The number of benzene rings is 2. The third-order valence-electron chi connectivity index (χ3n) is 6.44. The number of likely N-dealkylation sites (tertiary alicyclic amines) is 1. The minimum atomic E-state index is -1.11. The van der Waals surface area contributed by atoms with Crippen LogP contribution in [0.5, 0.6) is 5.75 Å². The molecule has 1 saturated heterocycles. The number of hydrogen-bond acceptors (Lipinski definition) is 8. The van der Waals surface area contributed by atoms with Crippen LogP contribution in [0.1, 0.15) is 51.9 Å². The summed E-state index contributed by atoms with van der Waals surface area (Å²) in [5.41, 5.74) is 8.36. The molecule has 192 valence electrons. The van der Waals surface area contributed by atoms with Crippen molar-refractivity contribution in [3.63, 3.8) is 0 Å². The van der Waals surface area contributed by atoms with Gasteiger partial charge in [-0.2, -0.15) is 0 Å². The maximum Gasteiger partial charge on any atom is 0.254 e. The molecule has 0 radical (unpaired) electrons. The van der Waals surface area contributed by atoms with Gasteiger partial charge in [0.15, 0.2) is 0 Å². The number of ether oxygens (including phenoxy) is 1. The van der Waals surface area contributed by atoms with E-state index >= 15 is 0 Å². The van der Waals surface area contributed by atoms with Crippen LogP contribution in [-0.2, 0) is 12.0 Å². The molecule has 2 aromatic carbocycles. The summed E-state index contributed by atoms with van der Waals surface area (Å²) in [6.45, 7) is 3.73. The first-order valence-electron chi connectivity index (χ1n) is 12.0.